The van der Waals surface area contributed by atoms with E-state index in [1.54, 1.807) is 6.07 Å². The van der Waals surface area contributed by atoms with Crippen molar-refractivity contribution in [3.63, 3.8) is 0 Å². The number of nitrogens with zero attached hydrogens (tertiary/aromatic N) is 1. The monoisotopic (exact) mass is 404 g/mol. The number of hydrogen-bond acceptors (Lipinski definition) is 5. The van der Waals surface area contributed by atoms with Crippen LogP contribution in [0.4, 0.5) is 15.8 Å². The maximum atomic E-state index is 13.7. The summed E-state index contributed by atoms with van der Waals surface area (Å²) >= 11 is 7.53. The average molecular weight is 405 g/mol. The molecule has 3 rings (SSSR count). The second-order valence-corrected chi connectivity index (χ2v) is 7.15. The van der Waals surface area contributed by atoms with Crippen molar-refractivity contribution in [2.45, 2.75) is 16.3 Å². The molecule has 0 amide bonds. The van der Waals surface area contributed by atoms with Gasteiger partial charge in [0.15, 0.2) is 11.6 Å². The summed E-state index contributed by atoms with van der Waals surface area (Å²) < 4.78 is 13.7. The Balaban J connectivity index is 1.82. The molecule has 138 valence electrons. The summed E-state index contributed by atoms with van der Waals surface area (Å²) in [6.07, 6.45) is 0. The van der Waals surface area contributed by atoms with E-state index in [4.69, 9.17) is 11.6 Å². The van der Waals surface area contributed by atoms with Gasteiger partial charge in [0, 0.05) is 27.4 Å². The highest BCUT2D eigenvalue weighted by molar-refractivity contribution is 7.99. The van der Waals surface area contributed by atoms with E-state index in [2.05, 4.69) is 5.32 Å². The van der Waals surface area contributed by atoms with Crippen LogP contribution in [-0.2, 0) is 6.54 Å². The maximum Gasteiger partial charge on any atom is 0.274 e. The molecule has 0 unspecified atom stereocenters. The Morgan fingerprint density at radius 3 is 2.67 bits per heavy atom. The third-order valence-corrected chi connectivity index (χ3v) is 5.07. The zero-order valence-electron chi connectivity index (χ0n) is 13.9. The maximum absolute atomic E-state index is 13.7. The predicted octanol–water partition coefficient (Wildman–Crippen LogP) is 5.86. The van der Waals surface area contributed by atoms with E-state index in [-0.39, 0.29) is 12.2 Å². The molecular weight excluding hydrogens is 391 g/mol. The molecule has 2 N–H and O–H groups in total. The minimum absolute atomic E-state index is 0.0377. The lowest BCUT2D eigenvalue weighted by atomic mass is 10.2. The number of halogens is 2. The van der Waals surface area contributed by atoms with Crippen LogP contribution in [0.5, 0.6) is 5.75 Å². The van der Waals surface area contributed by atoms with Crippen molar-refractivity contribution >= 4 is 34.7 Å². The first-order valence-electron chi connectivity index (χ1n) is 7.86. The quantitative estimate of drug-likeness (QED) is 0.306. The van der Waals surface area contributed by atoms with Crippen LogP contribution < -0.4 is 5.32 Å². The normalized spacial score (nSPS) is 10.6. The lowest BCUT2D eigenvalue weighted by molar-refractivity contribution is -0.385. The zero-order chi connectivity index (χ0) is 19.4. The Hall–Kier alpha value is -2.77. The highest BCUT2D eigenvalue weighted by Crippen LogP contribution is 2.34. The molecule has 27 heavy (non-hydrogen) atoms. The number of nitro groups is 1. The van der Waals surface area contributed by atoms with Gasteiger partial charge in [-0.3, -0.25) is 10.1 Å². The molecule has 0 aliphatic carbocycles. The Morgan fingerprint density at radius 2 is 1.93 bits per heavy atom. The number of hydrogen-bond donors (Lipinski definition) is 2. The molecule has 0 heterocycles. The third-order valence-electron chi connectivity index (χ3n) is 3.72. The lowest BCUT2D eigenvalue weighted by Crippen LogP contribution is -2.02. The van der Waals surface area contributed by atoms with Gasteiger partial charge in [0.25, 0.3) is 5.69 Å². The van der Waals surface area contributed by atoms with Gasteiger partial charge in [-0.05, 0) is 29.8 Å². The van der Waals surface area contributed by atoms with Crippen LogP contribution in [0.2, 0.25) is 5.02 Å². The number of phenols is 1. The molecule has 0 bridgehead atoms. The lowest BCUT2D eigenvalue weighted by Gasteiger charge is -2.12. The highest BCUT2D eigenvalue weighted by Gasteiger charge is 2.16. The number of rotatable bonds is 6. The molecule has 8 heteroatoms. The van der Waals surface area contributed by atoms with Crippen molar-refractivity contribution in [3.05, 3.63) is 87.2 Å². The number of non-ortho nitro benzene ring substituents is 1. The van der Waals surface area contributed by atoms with Crippen LogP contribution in [-0.4, -0.2) is 10.0 Å². The van der Waals surface area contributed by atoms with Gasteiger partial charge >= 0.3 is 0 Å². The van der Waals surface area contributed by atoms with Crippen LogP contribution >= 0.6 is 23.4 Å². The summed E-state index contributed by atoms with van der Waals surface area (Å²) in [6, 6.07) is 16.8. The van der Waals surface area contributed by atoms with Crippen LogP contribution in [0.1, 0.15) is 5.56 Å². The van der Waals surface area contributed by atoms with Gasteiger partial charge < -0.3 is 10.4 Å². The molecule has 3 aromatic rings. The second-order valence-electron chi connectivity index (χ2n) is 5.60. The molecule has 0 spiro atoms. The predicted molar refractivity (Wildman–Crippen MR) is 104 cm³/mol. The zero-order valence-corrected chi connectivity index (χ0v) is 15.4. The molecule has 0 radical (unpaired) electrons. The fourth-order valence-corrected chi connectivity index (χ4v) is 3.68. The Bertz CT molecular complexity index is 1000. The molecule has 0 fully saturated rings. The van der Waals surface area contributed by atoms with E-state index in [1.165, 1.54) is 11.8 Å². The highest BCUT2D eigenvalue weighted by atomic mass is 35.5. The van der Waals surface area contributed by atoms with E-state index in [9.17, 15) is 19.6 Å². The smallest absolute Gasteiger partial charge is 0.274 e. The minimum Gasteiger partial charge on any atom is -0.503 e. The number of phenolic OH excluding ortho intramolecular Hbond substituents is 1. The van der Waals surface area contributed by atoms with Gasteiger partial charge in [0.2, 0.25) is 0 Å². The van der Waals surface area contributed by atoms with Gasteiger partial charge in [-0.15, -0.1) is 0 Å². The summed E-state index contributed by atoms with van der Waals surface area (Å²) in [5, 5.41) is 24.2. The van der Waals surface area contributed by atoms with Crippen LogP contribution in [0.15, 0.2) is 70.5 Å². The van der Waals surface area contributed by atoms with Crippen LogP contribution in [0, 0.1) is 15.9 Å². The molecule has 3 aromatic carbocycles. The van der Waals surface area contributed by atoms with Crippen molar-refractivity contribution in [2.75, 3.05) is 5.32 Å². The summed E-state index contributed by atoms with van der Waals surface area (Å²) in [5.41, 5.74) is 0.410. The number of benzene rings is 3. The van der Waals surface area contributed by atoms with Crippen molar-refractivity contribution in [1.82, 2.24) is 0 Å². The van der Waals surface area contributed by atoms with Crippen LogP contribution in [0.25, 0.3) is 0 Å². The van der Waals surface area contributed by atoms with Gasteiger partial charge in [-0.25, -0.2) is 4.39 Å². The van der Waals surface area contributed by atoms with E-state index >= 15 is 0 Å². The fourth-order valence-electron chi connectivity index (χ4n) is 2.42. The topological polar surface area (TPSA) is 75.4 Å². The van der Waals surface area contributed by atoms with Crippen molar-refractivity contribution < 1.29 is 14.4 Å². The van der Waals surface area contributed by atoms with Gasteiger partial charge in [-0.2, -0.15) is 0 Å². The number of nitro benzene ring substituents is 1. The van der Waals surface area contributed by atoms with Crippen molar-refractivity contribution in [2.24, 2.45) is 0 Å². The molecule has 5 nitrogen and oxygen atoms in total. The SMILES string of the molecule is O=[N+]([O-])c1cc(F)c(O)c(NCc2ccccc2Sc2cccc(Cl)c2)c1. The number of anilines is 1. The van der Waals surface area contributed by atoms with Crippen molar-refractivity contribution in [1.29, 1.82) is 0 Å². The molecule has 0 saturated heterocycles. The number of nitrogens with one attached hydrogen (secondary N) is 1. The first-order chi connectivity index (χ1) is 12.9. The summed E-state index contributed by atoms with van der Waals surface area (Å²) in [7, 11) is 0. The molecule has 0 saturated carbocycles. The Morgan fingerprint density at radius 1 is 1.15 bits per heavy atom. The Kier molecular flexibility index (Phi) is 5.83. The van der Waals surface area contributed by atoms with Gasteiger partial charge in [0.05, 0.1) is 16.7 Å². The van der Waals surface area contributed by atoms with E-state index in [1.807, 2.05) is 42.5 Å². The fraction of sp³-hybridized carbons (Fsp3) is 0.0526. The van der Waals surface area contributed by atoms with Crippen LogP contribution in [0.3, 0.4) is 0 Å². The first kappa shape index (κ1) is 19.0. The van der Waals surface area contributed by atoms with Gasteiger partial charge in [-0.1, -0.05) is 47.6 Å². The Labute approximate surface area is 163 Å². The molecule has 0 aliphatic rings. The molecular formula is C19H14ClFN2O3S. The summed E-state index contributed by atoms with van der Waals surface area (Å²) in [5.74, 6) is -1.70. The first-order valence-corrected chi connectivity index (χ1v) is 9.05. The molecule has 0 atom stereocenters. The largest absolute Gasteiger partial charge is 0.503 e. The molecule has 0 aliphatic heterocycles. The number of aromatic hydroxyl groups is 1. The third kappa shape index (κ3) is 4.69. The summed E-state index contributed by atoms with van der Waals surface area (Å²) in [4.78, 5) is 12.1. The standard InChI is InChI=1S/C19H14ClFN2O3S/c20-13-5-3-6-15(8-13)27-18-7-2-1-4-12(18)11-22-17-10-14(23(25)26)9-16(21)19(17)24/h1-10,22,24H,11H2. The van der Waals surface area contributed by atoms with E-state index < -0.39 is 22.2 Å². The van der Waals surface area contributed by atoms with E-state index in [0.717, 1.165) is 21.4 Å². The van der Waals surface area contributed by atoms with Gasteiger partial charge in [0.1, 0.15) is 0 Å². The molecule has 0 aromatic heterocycles. The second kappa shape index (κ2) is 8.28. The average Bonchev–Trinajstić information content (AvgIpc) is 2.63. The van der Waals surface area contributed by atoms with E-state index in [0.29, 0.717) is 11.1 Å². The van der Waals surface area contributed by atoms with Crippen molar-refractivity contribution in [3.8, 4) is 5.75 Å². The minimum atomic E-state index is -1.05. The summed E-state index contributed by atoms with van der Waals surface area (Å²) in [6.45, 7) is 0.248.